The van der Waals surface area contributed by atoms with E-state index in [2.05, 4.69) is 0 Å². The standard InChI is InChI=1S/C7H5F3.C3H6N/c8-7(9,10)6-4-2-1-3-5-6;4-3-1-2-3/h1-5H;3-4H,1-2H2/q;-1. The van der Waals surface area contributed by atoms with Gasteiger partial charge in [-0.15, -0.1) is 6.04 Å². The Balaban J connectivity index is 0.000000203. The zero-order valence-electron chi connectivity index (χ0n) is 7.51. The van der Waals surface area contributed by atoms with Gasteiger partial charge in [0.1, 0.15) is 0 Å². The average molecular weight is 202 g/mol. The summed E-state index contributed by atoms with van der Waals surface area (Å²) in [6.45, 7) is 0. The molecule has 78 valence electrons. The monoisotopic (exact) mass is 202 g/mol. The molecule has 1 aromatic carbocycles. The summed E-state index contributed by atoms with van der Waals surface area (Å²) >= 11 is 0. The van der Waals surface area contributed by atoms with E-state index in [1.54, 1.807) is 6.07 Å². The lowest BCUT2D eigenvalue weighted by Crippen LogP contribution is -2.03. The molecule has 1 nitrogen and oxygen atoms in total. The van der Waals surface area contributed by atoms with Crippen molar-refractivity contribution in [2.75, 3.05) is 0 Å². The number of rotatable bonds is 0. The van der Waals surface area contributed by atoms with Crippen molar-refractivity contribution in [3.05, 3.63) is 41.6 Å². The highest BCUT2D eigenvalue weighted by atomic mass is 19.4. The van der Waals surface area contributed by atoms with E-state index < -0.39 is 11.7 Å². The predicted octanol–water partition coefficient (Wildman–Crippen LogP) is 3.91. The van der Waals surface area contributed by atoms with Crippen molar-refractivity contribution >= 4 is 0 Å². The summed E-state index contributed by atoms with van der Waals surface area (Å²) in [4.78, 5) is 0. The minimum absolute atomic E-state index is 0.333. The van der Waals surface area contributed by atoms with Crippen molar-refractivity contribution in [1.82, 2.24) is 0 Å². The van der Waals surface area contributed by atoms with E-state index in [1.807, 2.05) is 0 Å². The first kappa shape index (κ1) is 11.0. The maximum absolute atomic E-state index is 11.8. The second-order valence-corrected chi connectivity index (χ2v) is 3.14. The third-order valence-electron chi connectivity index (χ3n) is 1.68. The molecule has 0 saturated heterocycles. The zero-order valence-corrected chi connectivity index (χ0v) is 7.51. The summed E-state index contributed by atoms with van der Waals surface area (Å²) in [6.07, 6.45) is -1.90. The van der Waals surface area contributed by atoms with Gasteiger partial charge in [-0.2, -0.15) is 13.2 Å². The quantitative estimate of drug-likeness (QED) is 0.609. The van der Waals surface area contributed by atoms with Crippen LogP contribution in [-0.2, 0) is 6.18 Å². The lowest BCUT2D eigenvalue weighted by atomic mass is 10.2. The van der Waals surface area contributed by atoms with Crippen LogP contribution >= 0.6 is 0 Å². The van der Waals surface area contributed by atoms with Crippen molar-refractivity contribution < 1.29 is 13.2 Å². The van der Waals surface area contributed by atoms with Crippen molar-refractivity contribution in [2.45, 2.75) is 25.1 Å². The molecule has 0 radical (unpaired) electrons. The fraction of sp³-hybridized carbons (Fsp3) is 0.400. The van der Waals surface area contributed by atoms with Gasteiger partial charge < -0.3 is 5.73 Å². The molecule has 1 saturated carbocycles. The molecule has 0 atom stereocenters. The van der Waals surface area contributed by atoms with E-state index in [4.69, 9.17) is 5.73 Å². The van der Waals surface area contributed by atoms with Crippen molar-refractivity contribution in [2.24, 2.45) is 0 Å². The summed E-state index contributed by atoms with van der Waals surface area (Å²) in [7, 11) is 0. The first-order valence-electron chi connectivity index (χ1n) is 4.33. The maximum atomic E-state index is 11.8. The van der Waals surface area contributed by atoms with E-state index >= 15 is 0 Å². The summed E-state index contributed by atoms with van der Waals surface area (Å²) < 4.78 is 35.4. The molecule has 0 spiro atoms. The van der Waals surface area contributed by atoms with Gasteiger partial charge in [0.15, 0.2) is 0 Å². The van der Waals surface area contributed by atoms with Gasteiger partial charge in [0, 0.05) is 0 Å². The second kappa shape index (κ2) is 4.46. The van der Waals surface area contributed by atoms with Crippen LogP contribution in [0.4, 0.5) is 13.2 Å². The van der Waals surface area contributed by atoms with Crippen LogP contribution in [0.2, 0.25) is 0 Å². The van der Waals surface area contributed by atoms with Crippen molar-refractivity contribution in [3.8, 4) is 0 Å². The molecule has 0 heterocycles. The average Bonchev–Trinajstić information content (AvgIpc) is 2.89. The lowest BCUT2D eigenvalue weighted by Gasteiger charge is -2.03. The summed E-state index contributed by atoms with van der Waals surface area (Å²) in [5, 5.41) is 0. The SMILES string of the molecule is FC(F)(F)c1ccccc1.[NH-]C1CC1. The Kier molecular flexibility index (Phi) is 3.52. The molecule has 1 fully saturated rings. The van der Waals surface area contributed by atoms with Gasteiger partial charge in [0.2, 0.25) is 0 Å². The predicted molar refractivity (Wildman–Crippen MR) is 48.8 cm³/mol. The minimum atomic E-state index is -4.21. The van der Waals surface area contributed by atoms with E-state index in [-0.39, 0.29) is 0 Å². The molecule has 1 aliphatic carbocycles. The fourth-order valence-electron chi connectivity index (χ4n) is 0.710. The Labute approximate surface area is 80.7 Å². The summed E-state index contributed by atoms with van der Waals surface area (Å²) in [6, 6.07) is 6.70. The molecule has 0 amide bonds. The molecule has 2 rings (SSSR count). The number of hydrogen-bond acceptors (Lipinski definition) is 0. The van der Waals surface area contributed by atoms with Crippen LogP contribution < -0.4 is 0 Å². The number of alkyl halides is 3. The smallest absolute Gasteiger partial charge is 0.416 e. The maximum Gasteiger partial charge on any atom is 0.416 e. The van der Waals surface area contributed by atoms with Crippen LogP contribution in [0.15, 0.2) is 30.3 Å². The molecule has 1 aromatic rings. The van der Waals surface area contributed by atoms with Gasteiger partial charge >= 0.3 is 6.18 Å². The Morgan fingerprint density at radius 2 is 1.50 bits per heavy atom. The Morgan fingerprint density at radius 3 is 1.71 bits per heavy atom. The molecule has 1 N–H and O–H groups in total. The van der Waals surface area contributed by atoms with Gasteiger partial charge in [-0.25, -0.2) is 0 Å². The molecule has 0 aromatic heterocycles. The third-order valence-corrected chi connectivity index (χ3v) is 1.68. The topological polar surface area (TPSA) is 23.8 Å². The summed E-state index contributed by atoms with van der Waals surface area (Å²) in [5.41, 5.74) is 6.09. The molecule has 0 aliphatic heterocycles. The van der Waals surface area contributed by atoms with E-state index in [0.29, 0.717) is 6.04 Å². The first-order chi connectivity index (χ1) is 6.50. The van der Waals surface area contributed by atoms with E-state index in [0.717, 1.165) is 25.0 Å². The number of nitrogens with one attached hydrogen (secondary N) is 1. The van der Waals surface area contributed by atoms with E-state index in [1.165, 1.54) is 12.1 Å². The molecular formula is C10H11F3N-. The normalized spacial score (nSPS) is 15.7. The minimum Gasteiger partial charge on any atom is -0.675 e. The van der Waals surface area contributed by atoms with Crippen LogP contribution in [0.1, 0.15) is 18.4 Å². The molecule has 0 bridgehead atoms. The Hall–Kier alpha value is -1.03. The van der Waals surface area contributed by atoms with Gasteiger partial charge in [-0.05, 0) is 0 Å². The van der Waals surface area contributed by atoms with Crippen LogP contribution in [-0.4, -0.2) is 6.04 Å². The highest BCUT2D eigenvalue weighted by Crippen LogP contribution is 2.28. The van der Waals surface area contributed by atoms with Crippen LogP contribution in [0.25, 0.3) is 5.73 Å². The van der Waals surface area contributed by atoms with Gasteiger partial charge in [0.05, 0.1) is 5.56 Å². The fourth-order valence-corrected chi connectivity index (χ4v) is 0.710. The van der Waals surface area contributed by atoms with Gasteiger partial charge in [-0.1, -0.05) is 43.2 Å². The number of benzene rings is 1. The summed E-state index contributed by atoms with van der Waals surface area (Å²) in [5.74, 6) is 0. The second-order valence-electron chi connectivity index (χ2n) is 3.14. The molecular weight excluding hydrogens is 191 g/mol. The molecule has 0 unspecified atom stereocenters. The highest BCUT2D eigenvalue weighted by Gasteiger charge is 2.29. The van der Waals surface area contributed by atoms with Crippen LogP contribution in [0.5, 0.6) is 0 Å². The Bertz CT molecular complexity index is 264. The van der Waals surface area contributed by atoms with Gasteiger partial charge in [0.25, 0.3) is 0 Å². The Morgan fingerprint density at radius 1 is 1.07 bits per heavy atom. The zero-order chi connectivity index (χ0) is 10.6. The van der Waals surface area contributed by atoms with Crippen LogP contribution in [0, 0.1) is 0 Å². The van der Waals surface area contributed by atoms with Crippen molar-refractivity contribution in [3.63, 3.8) is 0 Å². The van der Waals surface area contributed by atoms with Gasteiger partial charge in [-0.3, -0.25) is 0 Å². The lowest BCUT2D eigenvalue weighted by molar-refractivity contribution is -0.137. The molecule has 14 heavy (non-hydrogen) atoms. The largest absolute Gasteiger partial charge is 0.675 e. The third kappa shape index (κ3) is 4.28. The first-order valence-corrected chi connectivity index (χ1v) is 4.33. The van der Waals surface area contributed by atoms with Crippen LogP contribution in [0.3, 0.4) is 0 Å². The van der Waals surface area contributed by atoms with Crippen molar-refractivity contribution in [1.29, 1.82) is 0 Å². The van der Waals surface area contributed by atoms with E-state index in [9.17, 15) is 13.2 Å². The highest BCUT2D eigenvalue weighted by molar-refractivity contribution is 5.17. The molecule has 4 heteroatoms. The molecule has 1 aliphatic rings. The number of halogens is 3. The number of hydrogen-bond donors (Lipinski definition) is 0.